The van der Waals surface area contributed by atoms with Crippen LogP contribution in [0.4, 0.5) is 25.2 Å². The third kappa shape index (κ3) is 10.0. The molecule has 0 aromatic rings. The second kappa shape index (κ2) is 4.18. The van der Waals surface area contributed by atoms with Crippen molar-refractivity contribution in [3.8, 4) is 0 Å². The molecule has 0 aromatic carbocycles. The summed E-state index contributed by atoms with van der Waals surface area (Å²) in [7, 11) is -10.7. The molecule has 4 nitrogen and oxygen atoms in total. The molecule has 0 spiro atoms. The third-order valence-electron chi connectivity index (χ3n) is 1.80. The standard InChI is InChI=1S/C7H12N4.F6P/c1-2-9-6(8-1)5-7-10-3-4-11-7;1-7(2,3,4,5)6/h5,8-9H,1-4H2,(H,10,11);/q;-1/p+1. The Labute approximate surface area is 98.8 Å². The molecular weight excluding hydrogens is 285 g/mol. The molecule has 0 aliphatic carbocycles. The van der Waals surface area contributed by atoms with Gasteiger partial charge < -0.3 is 10.6 Å². The predicted octanol–water partition coefficient (Wildman–Crippen LogP) is 0.485. The maximum absolute atomic E-state index is 10.7. The first kappa shape index (κ1) is 14.9. The fourth-order valence-electron chi connectivity index (χ4n) is 1.26. The van der Waals surface area contributed by atoms with E-state index >= 15 is 0 Å². The van der Waals surface area contributed by atoms with E-state index in [0.29, 0.717) is 0 Å². The summed E-state index contributed by atoms with van der Waals surface area (Å²) in [4.78, 5) is 3.23. The number of rotatable bonds is 1. The van der Waals surface area contributed by atoms with Gasteiger partial charge in [0.2, 0.25) is 0 Å². The molecule has 0 aromatic heterocycles. The Kier molecular flexibility index (Phi) is 3.46. The number of hydrogen-bond acceptors (Lipinski definition) is 3. The molecule has 0 atom stereocenters. The molecule has 18 heavy (non-hydrogen) atoms. The van der Waals surface area contributed by atoms with Crippen LogP contribution in [-0.4, -0.2) is 32.0 Å². The first-order valence-electron chi connectivity index (χ1n) is 5.01. The van der Waals surface area contributed by atoms with Crippen molar-refractivity contribution in [3.05, 3.63) is 11.9 Å². The molecule has 11 heteroatoms. The summed E-state index contributed by atoms with van der Waals surface area (Å²) < 4.78 is 59.2. The van der Waals surface area contributed by atoms with Gasteiger partial charge in [0.25, 0.3) is 5.84 Å². The molecule has 2 heterocycles. The molecular formula is C7H13F6N4P. The van der Waals surface area contributed by atoms with E-state index in [0.717, 1.165) is 37.8 Å². The summed E-state index contributed by atoms with van der Waals surface area (Å²) >= 11 is 0. The molecule has 2 aliphatic rings. The first-order chi connectivity index (χ1) is 7.90. The van der Waals surface area contributed by atoms with Crippen LogP contribution in [0, 0.1) is 0 Å². The van der Waals surface area contributed by atoms with E-state index < -0.39 is 7.81 Å². The van der Waals surface area contributed by atoms with Crippen molar-refractivity contribution in [2.24, 2.45) is 0 Å². The van der Waals surface area contributed by atoms with Gasteiger partial charge in [0.05, 0.1) is 6.08 Å². The van der Waals surface area contributed by atoms with Crippen molar-refractivity contribution in [2.45, 2.75) is 0 Å². The third-order valence-corrected chi connectivity index (χ3v) is 1.80. The Bertz CT molecular complexity index is 352. The Morgan fingerprint density at radius 2 is 1.39 bits per heavy atom. The summed E-state index contributed by atoms with van der Waals surface area (Å²) in [5.41, 5.74) is 0. The zero-order valence-electron chi connectivity index (χ0n) is 9.12. The average molecular weight is 298 g/mol. The van der Waals surface area contributed by atoms with Gasteiger partial charge in [-0.25, -0.2) is 0 Å². The van der Waals surface area contributed by atoms with Crippen molar-refractivity contribution in [1.29, 1.82) is 0 Å². The van der Waals surface area contributed by atoms with Crippen LogP contribution < -0.4 is 20.9 Å². The van der Waals surface area contributed by atoms with Crippen molar-refractivity contribution >= 4 is 13.6 Å². The summed E-state index contributed by atoms with van der Waals surface area (Å²) in [6.45, 7) is 4.11. The van der Waals surface area contributed by atoms with Gasteiger partial charge in [-0.3, -0.25) is 10.3 Å². The van der Waals surface area contributed by atoms with Crippen LogP contribution in [0.2, 0.25) is 0 Å². The van der Waals surface area contributed by atoms with Crippen LogP contribution in [0.15, 0.2) is 11.9 Å². The molecule has 108 valence electrons. The summed E-state index contributed by atoms with van der Waals surface area (Å²) in [5.74, 6) is 2.23. The molecule has 4 N–H and O–H groups in total. The van der Waals surface area contributed by atoms with Gasteiger partial charge >= 0.3 is 33.0 Å². The monoisotopic (exact) mass is 298 g/mol. The topological polar surface area (TPSA) is 50.1 Å². The zero-order chi connectivity index (χ0) is 13.9. The van der Waals surface area contributed by atoms with E-state index in [9.17, 15) is 25.2 Å². The Morgan fingerprint density at radius 1 is 0.889 bits per heavy atom. The van der Waals surface area contributed by atoms with Gasteiger partial charge in [0.1, 0.15) is 18.9 Å². The molecule has 2 rings (SSSR count). The van der Waals surface area contributed by atoms with Gasteiger partial charge in [-0.2, -0.15) is 0 Å². The number of nitrogens with one attached hydrogen (secondary N) is 4. The Morgan fingerprint density at radius 3 is 1.78 bits per heavy atom. The predicted molar refractivity (Wildman–Crippen MR) is 56.5 cm³/mol. The van der Waals surface area contributed by atoms with Crippen molar-refractivity contribution in [1.82, 2.24) is 16.0 Å². The van der Waals surface area contributed by atoms with Gasteiger partial charge in [-0.15, -0.1) is 0 Å². The van der Waals surface area contributed by atoms with Crippen LogP contribution in [-0.2, 0) is 0 Å². The molecule has 0 saturated carbocycles. The average Bonchev–Trinajstić information content (AvgIpc) is 2.71. The SMILES string of the molecule is C(=C1NCCN1)C1=[NH+]CCN1.F[P-](F)(F)(F)(F)F. The van der Waals surface area contributed by atoms with Gasteiger partial charge in [-0.05, 0) is 0 Å². The second-order valence-corrected chi connectivity index (χ2v) is 5.55. The van der Waals surface area contributed by atoms with E-state index in [1.165, 1.54) is 0 Å². The molecule has 0 amide bonds. The first-order valence-corrected chi connectivity index (χ1v) is 7.03. The summed E-state index contributed by atoms with van der Waals surface area (Å²) in [5, 5.41) is 9.70. The molecule has 1 fully saturated rings. The van der Waals surface area contributed by atoms with Crippen molar-refractivity contribution < 1.29 is 30.2 Å². The molecule has 2 aliphatic heterocycles. The summed E-state index contributed by atoms with van der Waals surface area (Å²) in [6, 6.07) is 0. The van der Waals surface area contributed by atoms with E-state index in [2.05, 4.69) is 27.0 Å². The minimum atomic E-state index is -10.7. The quantitative estimate of drug-likeness (QED) is 0.421. The minimum absolute atomic E-state index is 1.03. The Hall–Kier alpha value is -1.18. The number of hydrogen-bond donors (Lipinski definition) is 4. The molecule has 0 radical (unpaired) electrons. The fourth-order valence-corrected chi connectivity index (χ4v) is 1.26. The van der Waals surface area contributed by atoms with Gasteiger partial charge in [-0.1, -0.05) is 0 Å². The van der Waals surface area contributed by atoms with Crippen LogP contribution in [0.25, 0.3) is 0 Å². The number of halogens is 6. The second-order valence-electron chi connectivity index (χ2n) is 3.64. The maximum atomic E-state index is 9.87. The van der Waals surface area contributed by atoms with Crippen LogP contribution in [0.1, 0.15) is 0 Å². The fraction of sp³-hybridized carbons (Fsp3) is 0.571. The number of amidine groups is 1. The van der Waals surface area contributed by atoms with E-state index in [1.807, 2.05) is 0 Å². The van der Waals surface area contributed by atoms with Gasteiger partial charge in [0, 0.05) is 13.1 Å². The zero-order valence-corrected chi connectivity index (χ0v) is 10.0. The van der Waals surface area contributed by atoms with E-state index in [1.54, 1.807) is 0 Å². The van der Waals surface area contributed by atoms with Crippen LogP contribution >= 0.6 is 7.81 Å². The van der Waals surface area contributed by atoms with Crippen molar-refractivity contribution in [3.63, 3.8) is 0 Å². The van der Waals surface area contributed by atoms with Crippen molar-refractivity contribution in [2.75, 3.05) is 26.2 Å². The molecule has 1 saturated heterocycles. The summed E-state index contributed by atoms with van der Waals surface area (Å²) in [6.07, 6.45) is 2.07. The normalized spacial score (nSPS) is 22.3. The van der Waals surface area contributed by atoms with Gasteiger partial charge in [0.15, 0.2) is 0 Å². The molecule has 0 unspecified atom stereocenters. The van der Waals surface area contributed by atoms with Crippen LogP contribution in [0.3, 0.4) is 0 Å². The van der Waals surface area contributed by atoms with E-state index in [4.69, 9.17) is 0 Å². The Balaban J connectivity index is 0.000000203. The molecule has 0 bridgehead atoms. The van der Waals surface area contributed by atoms with E-state index in [-0.39, 0.29) is 0 Å². The van der Waals surface area contributed by atoms with Crippen LogP contribution in [0.5, 0.6) is 0 Å².